The van der Waals surface area contributed by atoms with Crippen LogP contribution in [0.1, 0.15) is 0 Å². The van der Waals surface area contributed by atoms with E-state index in [1.54, 1.807) is 0 Å². The lowest BCUT2D eigenvalue weighted by atomic mass is 10.7. The van der Waals surface area contributed by atoms with Crippen LogP contribution in [0, 0.1) is 0 Å². The first-order chi connectivity index (χ1) is 5.45. The Hall–Kier alpha value is 0.810. The zero-order valence-electron chi connectivity index (χ0n) is 5.80. The highest BCUT2D eigenvalue weighted by Crippen LogP contribution is 2.38. The molecule has 0 heterocycles. The Morgan fingerprint density at radius 3 is 2.50 bits per heavy atom. The average molecular weight is 256 g/mol. The van der Waals surface area contributed by atoms with Gasteiger partial charge in [-0.05, 0) is 39.4 Å². The number of hydrogen-bond acceptors (Lipinski definition) is 5. The first kappa shape index (κ1) is 12.8. The summed E-state index contributed by atoms with van der Waals surface area (Å²) in [6.07, 6.45) is 0. The predicted octanol–water partition coefficient (Wildman–Crippen LogP) is 1.47. The second kappa shape index (κ2) is 6.29. The lowest BCUT2D eigenvalue weighted by Crippen LogP contribution is -2.20. The molecule has 0 rings (SSSR count). The van der Waals surface area contributed by atoms with Crippen molar-refractivity contribution in [2.45, 2.75) is 3.98 Å². The van der Waals surface area contributed by atoms with Gasteiger partial charge in [0.25, 0.3) is 0 Å². The Morgan fingerprint density at radius 2 is 2.08 bits per heavy atom. The summed E-state index contributed by atoms with van der Waals surface area (Å²) < 4.78 is 17.3. The van der Waals surface area contributed by atoms with Crippen LogP contribution >= 0.6 is 43.1 Å². The van der Waals surface area contributed by atoms with Crippen LogP contribution in [0.25, 0.3) is 0 Å². The van der Waals surface area contributed by atoms with Crippen LogP contribution in [0.4, 0.5) is 0 Å². The standard InChI is InChI=1S/C3H7Cl3N2O3P/c4-3(5,6)10-12(9)11-8-2-1-7/h8H,1-2,7H2/q+1. The molecule has 0 saturated carbocycles. The summed E-state index contributed by atoms with van der Waals surface area (Å²) in [4.78, 5) is 0. The number of nitrogens with one attached hydrogen (secondary N) is 1. The van der Waals surface area contributed by atoms with E-state index >= 15 is 0 Å². The van der Waals surface area contributed by atoms with Gasteiger partial charge < -0.3 is 5.73 Å². The largest absolute Gasteiger partial charge is 0.720 e. The molecule has 0 amide bonds. The molecule has 1 atom stereocenters. The second-order valence-electron chi connectivity index (χ2n) is 1.53. The van der Waals surface area contributed by atoms with Crippen LogP contribution in [0.15, 0.2) is 0 Å². The lowest BCUT2D eigenvalue weighted by Gasteiger charge is -1.99. The minimum Gasteiger partial charge on any atom is -0.329 e. The first-order valence-corrected chi connectivity index (χ1v) is 5.01. The van der Waals surface area contributed by atoms with Gasteiger partial charge >= 0.3 is 12.2 Å². The molecule has 0 aliphatic heterocycles. The molecular formula is C3H7Cl3N2O3P+. The maximum atomic E-state index is 10.7. The molecule has 1 unspecified atom stereocenters. The fraction of sp³-hybridized carbons (Fsp3) is 1.00. The molecule has 0 fully saturated rings. The molecule has 12 heavy (non-hydrogen) atoms. The minimum atomic E-state index is -2.49. The molecular weight excluding hydrogens is 249 g/mol. The molecule has 0 aromatic heterocycles. The number of nitrogens with two attached hydrogens (primary N) is 1. The van der Waals surface area contributed by atoms with E-state index in [9.17, 15) is 4.57 Å². The zero-order valence-corrected chi connectivity index (χ0v) is 8.96. The van der Waals surface area contributed by atoms with Gasteiger partial charge in [0.15, 0.2) is 0 Å². The van der Waals surface area contributed by atoms with Gasteiger partial charge in [0.2, 0.25) is 0 Å². The molecule has 0 bridgehead atoms. The van der Waals surface area contributed by atoms with Crippen molar-refractivity contribution in [3.05, 3.63) is 0 Å². The summed E-state index contributed by atoms with van der Waals surface area (Å²) in [7, 11) is -2.49. The Morgan fingerprint density at radius 1 is 1.50 bits per heavy atom. The second-order valence-corrected chi connectivity index (χ2v) is 4.52. The highest BCUT2D eigenvalue weighted by molar-refractivity contribution is 7.33. The molecule has 0 aromatic carbocycles. The fourth-order valence-corrected chi connectivity index (χ4v) is 1.17. The number of halogens is 3. The van der Waals surface area contributed by atoms with Gasteiger partial charge in [-0.2, -0.15) is 0 Å². The summed E-state index contributed by atoms with van der Waals surface area (Å²) in [5.41, 5.74) is 7.33. The molecule has 72 valence electrons. The van der Waals surface area contributed by atoms with Crippen LogP contribution in [0.5, 0.6) is 0 Å². The van der Waals surface area contributed by atoms with Crippen molar-refractivity contribution in [3.63, 3.8) is 0 Å². The molecule has 0 aliphatic rings. The summed E-state index contributed by atoms with van der Waals surface area (Å²) in [5, 5.41) is 0. The molecule has 0 aromatic rings. The van der Waals surface area contributed by atoms with E-state index in [1.165, 1.54) is 0 Å². The fourth-order valence-electron chi connectivity index (χ4n) is 0.260. The summed E-state index contributed by atoms with van der Waals surface area (Å²) in [6.45, 7) is 0.654. The van der Waals surface area contributed by atoms with Crippen molar-refractivity contribution in [3.8, 4) is 0 Å². The summed E-state index contributed by atoms with van der Waals surface area (Å²) in [6, 6.07) is 0. The van der Waals surface area contributed by atoms with Crippen LogP contribution in [0.2, 0.25) is 0 Å². The van der Waals surface area contributed by atoms with Crippen LogP contribution in [-0.4, -0.2) is 17.1 Å². The van der Waals surface area contributed by atoms with E-state index in [0.29, 0.717) is 13.1 Å². The Bertz CT molecular complexity index is 152. The molecule has 0 aliphatic carbocycles. The van der Waals surface area contributed by atoms with Gasteiger partial charge in [0.1, 0.15) is 0 Å². The van der Waals surface area contributed by atoms with E-state index in [2.05, 4.69) is 14.6 Å². The van der Waals surface area contributed by atoms with Gasteiger partial charge in [0, 0.05) is 17.7 Å². The summed E-state index contributed by atoms with van der Waals surface area (Å²) >= 11 is 15.4. The average Bonchev–Trinajstić information content (AvgIpc) is 1.84. The van der Waals surface area contributed by atoms with Crippen molar-refractivity contribution >= 4 is 43.1 Å². The number of rotatable bonds is 5. The van der Waals surface area contributed by atoms with Crippen molar-refractivity contribution in [1.82, 2.24) is 5.48 Å². The molecule has 0 spiro atoms. The van der Waals surface area contributed by atoms with E-state index in [-0.39, 0.29) is 0 Å². The van der Waals surface area contributed by atoms with Gasteiger partial charge in [-0.3, -0.25) is 0 Å². The maximum Gasteiger partial charge on any atom is 0.720 e. The minimum absolute atomic E-state index is 0.324. The highest BCUT2D eigenvalue weighted by Gasteiger charge is 2.37. The maximum absolute atomic E-state index is 10.7. The highest BCUT2D eigenvalue weighted by atomic mass is 35.6. The molecule has 9 heteroatoms. The first-order valence-electron chi connectivity index (χ1n) is 2.78. The number of hydroxylamine groups is 1. The quantitative estimate of drug-likeness (QED) is 0.337. The van der Waals surface area contributed by atoms with Crippen molar-refractivity contribution in [1.29, 1.82) is 0 Å². The molecule has 3 N–H and O–H groups in total. The molecule has 5 nitrogen and oxygen atoms in total. The third-order valence-electron chi connectivity index (χ3n) is 0.564. The van der Waals surface area contributed by atoms with Crippen molar-refractivity contribution in [2.24, 2.45) is 5.73 Å². The SMILES string of the molecule is NCCNO[P+](=O)OC(Cl)(Cl)Cl. The molecule has 0 saturated heterocycles. The Labute approximate surface area is 85.3 Å². The monoisotopic (exact) mass is 255 g/mol. The zero-order chi connectivity index (χ0) is 9.61. The van der Waals surface area contributed by atoms with Crippen LogP contribution in [-0.2, 0) is 13.7 Å². The predicted molar refractivity (Wildman–Crippen MR) is 47.1 cm³/mol. The Balaban J connectivity index is 3.47. The van der Waals surface area contributed by atoms with E-state index < -0.39 is 12.2 Å². The van der Waals surface area contributed by atoms with Crippen molar-refractivity contribution in [2.75, 3.05) is 13.1 Å². The van der Waals surface area contributed by atoms with E-state index in [0.717, 1.165) is 0 Å². The third kappa shape index (κ3) is 8.90. The summed E-state index contributed by atoms with van der Waals surface area (Å²) in [5.74, 6) is 0. The van der Waals surface area contributed by atoms with Crippen molar-refractivity contribution < 1.29 is 13.7 Å². The van der Waals surface area contributed by atoms with Gasteiger partial charge in [-0.25, -0.2) is 0 Å². The normalized spacial score (nSPS) is 13.2. The van der Waals surface area contributed by atoms with Gasteiger partial charge in [0.05, 0.1) is 0 Å². The number of alkyl halides is 3. The Kier molecular flexibility index (Phi) is 6.72. The van der Waals surface area contributed by atoms with E-state index in [1.807, 2.05) is 0 Å². The smallest absolute Gasteiger partial charge is 0.329 e. The number of hydrogen-bond donors (Lipinski definition) is 2. The van der Waals surface area contributed by atoms with E-state index in [4.69, 9.17) is 40.5 Å². The topological polar surface area (TPSA) is 73.6 Å². The van der Waals surface area contributed by atoms with Crippen LogP contribution < -0.4 is 11.2 Å². The van der Waals surface area contributed by atoms with Crippen LogP contribution in [0.3, 0.4) is 0 Å². The van der Waals surface area contributed by atoms with Gasteiger partial charge in [-0.15, -0.1) is 5.48 Å². The molecule has 0 radical (unpaired) electrons. The lowest BCUT2D eigenvalue weighted by molar-refractivity contribution is 0.158. The van der Waals surface area contributed by atoms with Gasteiger partial charge in [-0.1, -0.05) is 4.52 Å². The third-order valence-corrected chi connectivity index (χ3v) is 1.82.